The average molecular weight is 560 g/mol. The zero-order valence-corrected chi connectivity index (χ0v) is 20.1. The third-order valence-corrected chi connectivity index (χ3v) is 5.72. The highest BCUT2D eigenvalue weighted by Crippen LogP contribution is 2.36. The summed E-state index contributed by atoms with van der Waals surface area (Å²) in [5.74, 6) is 0.920. The summed E-state index contributed by atoms with van der Waals surface area (Å²) in [4.78, 5) is 16.7. The molecule has 0 aromatic heterocycles. The van der Waals surface area contributed by atoms with E-state index in [9.17, 15) is 4.79 Å². The van der Waals surface area contributed by atoms with Gasteiger partial charge in [-0.05, 0) is 71.0 Å². The van der Waals surface area contributed by atoms with Gasteiger partial charge in [0.1, 0.15) is 6.61 Å². The van der Waals surface area contributed by atoms with Crippen molar-refractivity contribution in [1.82, 2.24) is 0 Å². The second-order valence-electron chi connectivity index (χ2n) is 6.85. The maximum absolute atomic E-state index is 12.4. The largest absolute Gasteiger partial charge is 0.490 e. The Bertz CT molecular complexity index is 1210. The first-order chi connectivity index (χ1) is 15.5. The highest BCUT2D eigenvalue weighted by molar-refractivity contribution is 14.1. The molecule has 0 saturated heterocycles. The fourth-order valence-corrected chi connectivity index (χ4v) is 4.12. The van der Waals surface area contributed by atoms with E-state index >= 15 is 0 Å². The number of cyclic esters (lactones) is 1. The first-order valence-corrected chi connectivity index (χ1v) is 11.4. The molecule has 0 radical (unpaired) electrons. The van der Waals surface area contributed by atoms with Gasteiger partial charge in [0.15, 0.2) is 17.2 Å². The molecule has 7 heteroatoms. The van der Waals surface area contributed by atoms with Crippen molar-refractivity contribution in [3.8, 4) is 11.5 Å². The first-order valence-electron chi connectivity index (χ1n) is 9.95. The molecule has 162 valence electrons. The van der Waals surface area contributed by atoms with Crippen molar-refractivity contribution in [2.24, 2.45) is 4.99 Å². The van der Waals surface area contributed by atoms with Gasteiger partial charge in [0.05, 0.1) is 20.8 Å². The number of aliphatic imine (C=N–C) groups is 1. The minimum absolute atomic E-state index is 0.189. The lowest BCUT2D eigenvalue weighted by Gasteiger charge is -2.15. The van der Waals surface area contributed by atoms with Crippen molar-refractivity contribution < 1.29 is 19.0 Å². The molecule has 1 aliphatic heterocycles. The normalized spacial score (nSPS) is 14.3. The molecule has 0 saturated carbocycles. The molecular formula is C25H19ClINO4. The van der Waals surface area contributed by atoms with Gasteiger partial charge in [-0.1, -0.05) is 54.1 Å². The van der Waals surface area contributed by atoms with Gasteiger partial charge < -0.3 is 14.2 Å². The van der Waals surface area contributed by atoms with E-state index in [1.165, 1.54) is 0 Å². The molecule has 0 spiro atoms. The van der Waals surface area contributed by atoms with Gasteiger partial charge >= 0.3 is 5.97 Å². The Kier molecular flexibility index (Phi) is 7.12. The third-order valence-electron chi connectivity index (χ3n) is 4.59. The van der Waals surface area contributed by atoms with Crippen LogP contribution in [0.15, 0.2) is 77.4 Å². The number of hydrogen-bond acceptors (Lipinski definition) is 5. The van der Waals surface area contributed by atoms with E-state index < -0.39 is 5.97 Å². The van der Waals surface area contributed by atoms with Gasteiger partial charge in [0, 0.05) is 0 Å². The predicted octanol–water partition coefficient (Wildman–Crippen LogP) is 6.27. The SMILES string of the molecule is CCOc1cc(/C=C2\N=C(c3ccccc3Cl)OC2=O)cc(I)c1OCc1ccccc1. The molecule has 0 aliphatic carbocycles. The van der Waals surface area contributed by atoms with Crippen molar-refractivity contribution >= 4 is 52.1 Å². The second kappa shape index (κ2) is 10.2. The molecule has 0 bridgehead atoms. The van der Waals surface area contributed by atoms with Crippen molar-refractivity contribution in [2.75, 3.05) is 6.61 Å². The summed E-state index contributed by atoms with van der Waals surface area (Å²) in [6, 6.07) is 20.8. The fourth-order valence-electron chi connectivity index (χ4n) is 3.12. The van der Waals surface area contributed by atoms with Crippen LogP contribution >= 0.6 is 34.2 Å². The summed E-state index contributed by atoms with van der Waals surface area (Å²) in [6.07, 6.45) is 1.66. The molecule has 32 heavy (non-hydrogen) atoms. The number of halogens is 2. The van der Waals surface area contributed by atoms with Crippen molar-refractivity contribution in [3.05, 3.63) is 97.7 Å². The number of benzene rings is 3. The Labute approximate surface area is 204 Å². The third kappa shape index (κ3) is 5.14. The Morgan fingerprint density at radius 2 is 1.81 bits per heavy atom. The van der Waals surface area contributed by atoms with Crippen LogP contribution in [0.25, 0.3) is 6.08 Å². The van der Waals surface area contributed by atoms with Crippen LogP contribution in [0.2, 0.25) is 5.02 Å². The number of hydrogen-bond donors (Lipinski definition) is 0. The molecule has 0 atom stereocenters. The molecule has 3 aromatic rings. The number of nitrogens with zero attached hydrogens (tertiary/aromatic N) is 1. The highest BCUT2D eigenvalue weighted by Gasteiger charge is 2.25. The smallest absolute Gasteiger partial charge is 0.363 e. The van der Waals surface area contributed by atoms with E-state index in [2.05, 4.69) is 27.6 Å². The first kappa shape index (κ1) is 22.4. The summed E-state index contributed by atoms with van der Waals surface area (Å²) in [5, 5.41) is 0.466. The van der Waals surface area contributed by atoms with Crippen molar-refractivity contribution in [3.63, 3.8) is 0 Å². The molecule has 0 unspecified atom stereocenters. The van der Waals surface area contributed by atoms with E-state index in [1.807, 2.05) is 55.5 Å². The van der Waals surface area contributed by atoms with E-state index in [-0.39, 0.29) is 11.6 Å². The zero-order valence-electron chi connectivity index (χ0n) is 17.2. The van der Waals surface area contributed by atoms with Crippen molar-refractivity contribution in [2.45, 2.75) is 13.5 Å². The summed E-state index contributed by atoms with van der Waals surface area (Å²) in [5.41, 5.74) is 2.57. The lowest BCUT2D eigenvalue weighted by molar-refractivity contribution is -0.129. The predicted molar refractivity (Wildman–Crippen MR) is 133 cm³/mol. The molecule has 0 amide bonds. The topological polar surface area (TPSA) is 57.1 Å². The Hall–Kier alpha value is -2.84. The maximum atomic E-state index is 12.4. The van der Waals surface area contributed by atoms with Gasteiger partial charge in [-0.15, -0.1) is 0 Å². The number of ether oxygens (including phenoxy) is 3. The highest BCUT2D eigenvalue weighted by atomic mass is 127. The van der Waals surface area contributed by atoms with Gasteiger partial charge in [0.2, 0.25) is 5.90 Å². The zero-order chi connectivity index (χ0) is 22.5. The molecule has 0 fully saturated rings. The molecular weight excluding hydrogens is 541 g/mol. The molecule has 1 aliphatic rings. The summed E-state index contributed by atoms with van der Waals surface area (Å²) < 4.78 is 18.1. The number of rotatable bonds is 7. The fraction of sp³-hybridized carbons (Fsp3) is 0.120. The summed E-state index contributed by atoms with van der Waals surface area (Å²) >= 11 is 8.40. The van der Waals surface area contributed by atoms with Gasteiger partial charge in [-0.3, -0.25) is 0 Å². The quantitative estimate of drug-likeness (QED) is 0.195. The van der Waals surface area contributed by atoms with Gasteiger partial charge in [-0.2, -0.15) is 0 Å². The second-order valence-corrected chi connectivity index (χ2v) is 8.42. The maximum Gasteiger partial charge on any atom is 0.363 e. The van der Waals surface area contributed by atoms with Crippen LogP contribution in [0.4, 0.5) is 0 Å². The van der Waals surface area contributed by atoms with E-state index in [0.29, 0.717) is 35.3 Å². The Morgan fingerprint density at radius 3 is 2.56 bits per heavy atom. The Morgan fingerprint density at radius 1 is 1.06 bits per heavy atom. The minimum Gasteiger partial charge on any atom is -0.490 e. The van der Waals surface area contributed by atoms with Crippen molar-refractivity contribution in [1.29, 1.82) is 0 Å². The minimum atomic E-state index is -0.530. The van der Waals surface area contributed by atoms with Gasteiger partial charge in [0.25, 0.3) is 0 Å². The summed E-state index contributed by atoms with van der Waals surface area (Å²) in [7, 11) is 0. The van der Waals surface area contributed by atoms with Crippen LogP contribution in [-0.2, 0) is 16.1 Å². The molecule has 0 N–H and O–H groups in total. The van der Waals surface area contributed by atoms with E-state index in [1.54, 1.807) is 24.3 Å². The lowest BCUT2D eigenvalue weighted by atomic mass is 10.1. The number of esters is 1. The van der Waals surface area contributed by atoms with Crippen LogP contribution in [0.5, 0.6) is 11.5 Å². The van der Waals surface area contributed by atoms with E-state index in [4.69, 9.17) is 25.8 Å². The van der Waals surface area contributed by atoms with Crippen LogP contribution < -0.4 is 9.47 Å². The van der Waals surface area contributed by atoms with Crippen LogP contribution in [0.1, 0.15) is 23.6 Å². The number of carbonyl (C=O) groups excluding carboxylic acids is 1. The standard InChI is InChI=1S/C25H19ClINO4/c1-2-30-22-14-17(12-20(27)23(22)31-15-16-8-4-3-5-9-16)13-21-25(29)32-24(28-21)18-10-6-7-11-19(18)26/h3-14H,2,15H2,1H3/b21-13-. The van der Waals surface area contributed by atoms with Crippen LogP contribution in [0.3, 0.4) is 0 Å². The molecule has 4 rings (SSSR count). The monoisotopic (exact) mass is 559 g/mol. The number of carbonyl (C=O) groups is 1. The van der Waals surface area contributed by atoms with Crippen LogP contribution in [-0.4, -0.2) is 18.5 Å². The molecule has 3 aromatic carbocycles. The Balaban J connectivity index is 1.63. The average Bonchev–Trinajstić information content (AvgIpc) is 3.14. The lowest BCUT2D eigenvalue weighted by Crippen LogP contribution is -2.05. The molecule has 5 nitrogen and oxygen atoms in total. The van der Waals surface area contributed by atoms with Gasteiger partial charge in [-0.25, -0.2) is 9.79 Å². The summed E-state index contributed by atoms with van der Waals surface area (Å²) in [6.45, 7) is 2.82. The molecule has 1 heterocycles. The van der Waals surface area contributed by atoms with E-state index in [0.717, 1.165) is 14.7 Å². The van der Waals surface area contributed by atoms with Crippen LogP contribution in [0, 0.1) is 3.57 Å².